The van der Waals surface area contributed by atoms with E-state index < -0.39 is 36.4 Å². The zero-order valence-electron chi connectivity index (χ0n) is 9.38. The Bertz CT molecular complexity index is 342. The Hall–Kier alpha value is -2.32. The zero-order valence-corrected chi connectivity index (χ0v) is 9.38. The Morgan fingerprint density at radius 1 is 0.944 bits per heavy atom. The Morgan fingerprint density at radius 3 is 1.94 bits per heavy atom. The van der Waals surface area contributed by atoms with Crippen LogP contribution in [0.3, 0.4) is 0 Å². The number of nitrogens with one attached hydrogen (secondary N) is 2. The van der Waals surface area contributed by atoms with Crippen LogP contribution in [-0.4, -0.2) is 51.8 Å². The first-order valence-electron chi connectivity index (χ1n) is 5.03. The molecule has 0 aliphatic heterocycles. The van der Waals surface area contributed by atoms with E-state index in [1.807, 2.05) is 5.32 Å². The Kier molecular flexibility index (Phi) is 6.86. The molecule has 0 aromatic rings. The molecule has 1 atom stereocenters. The molecule has 18 heavy (non-hydrogen) atoms. The monoisotopic (exact) mass is 262 g/mol. The molecule has 0 spiro atoms. The average Bonchev–Trinajstić information content (AvgIpc) is 2.22. The van der Waals surface area contributed by atoms with Crippen LogP contribution in [0.15, 0.2) is 0 Å². The Balaban J connectivity index is 4.07. The van der Waals surface area contributed by atoms with Crippen LogP contribution in [0, 0.1) is 0 Å². The predicted octanol–water partition coefficient (Wildman–Crippen LogP) is -0.922. The van der Waals surface area contributed by atoms with E-state index in [0.29, 0.717) is 0 Å². The molecule has 0 aliphatic carbocycles. The fraction of sp³-hybridized carbons (Fsp3) is 0.556. The first kappa shape index (κ1) is 15.7. The number of carboxylic acid groups (broad SMARTS) is 3. The number of aliphatic carboxylic acids is 3. The van der Waals surface area contributed by atoms with Crippen molar-refractivity contribution in [3.05, 3.63) is 0 Å². The van der Waals surface area contributed by atoms with Crippen LogP contribution in [0.5, 0.6) is 0 Å². The van der Waals surface area contributed by atoms with Gasteiger partial charge in [-0.2, -0.15) is 0 Å². The average molecular weight is 262 g/mol. The molecular formula is C9H14N2O7. The number of hydrogen-bond acceptors (Lipinski definition) is 4. The molecule has 0 radical (unpaired) electrons. The molecule has 0 aliphatic rings. The van der Waals surface area contributed by atoms with E-state index in [2.05, 4.69) is 5.32 Å². The zero-order chi connectivity index (χ0) is 14.1. The van der Waals surface area contributed by atoms with Crippen molar-refractivity contribution in [2.75, 3.05) is 6.54 Å². The molecule has 2 amide bonds. The second-order valence-corrected chi connectivity index (χ2v) is 3.37. The normalized spacial score (nSPS) is 11.3. The van der Waals surface area contributed by atoms with Gasteiger partial charge < -0.3 is 26.0 Å². The molecule has 102 valence electrons. The molecule has 0 fully saturated rings. The quantitative estimate of drug-likeness (QED) is 0.379. The van der Waals surface area contributed by atoms with E-state index in [4.69, 9.17) is 15.3 Å². The molecular weight excluding hydrogens is 248 g/mol. The minimum atomic E-state index is -1.36. The lowest BCUT2D eigenvalue weighted by Gasteiger charge is -2.13. The highest BCUT2D eigenvalue weighted by Gasteiger charge is 2.20. The fourth-order valence-electron chi connectivity index (χ4n) is 1.02. The van der Waals surface area contributed by atoms with Crippen molar-refractivity contribution in [2.45, 2.75) is 25.3 Å². The van der Waals surface area contributed by atoms with Crippen LogP contribution in [-0.2, 0) is 14.4 Å². The van der Waals surface area contributed by atoms with Crippen molar-refractivity contribution >= 4 is 23.9 Å². The molecule has 0 unspecified atom stereocenters. The van der Waals surface area contributed by atoms with Gasteiger partial charge in [-0.05, 0) is 6.42 Å². The topological polar surface area (TPSA) is 153 Å². The standard InChI is InChI=1S/C9H14N2O7/c12-6(13)2-1-5(8(16)17)11-9(18)10-4-3-7(14)15/h5H,1-4H2,(H,12,13)(H,14,15)(H,16,17)(H2,10,11,18)/t5-/m0/s1. The van der Waals surface area contributed by atoms with Crippen molar-refractivity contribution in [2.24, 2.45) is 0 Å². The number of carboxylic acids is 3. The summed E-state index contributed by atoms with van der Waals surface area (Å²) in [5.41, 5.74) is 0. The van der Waals surface area contributed by atoms with Crippen molar-refractivity contribution < 1.29 is 34.5 Å². The highest BCUT2D eigenvalue weighted by molar-refractivity contribution is 5.83. The van der Waals surface area contributed by atoms with Gasteiger partial charge in [0.05, 0.1) is 6.42 Å². The summed E-state index contributed by atoms with van der Waals surface area (Å²) in [6, 6.07) is -2.18. The van der Waals surface area contributed by atoms with Gasteiger partial charge in [0.2, 0.25) is 0 Å². The van der Waals surface area contributed by atoms with Crippen LogP contribution >= 0.6 is 0 Å². The number of rotatable bonds is 8. The van der Waals surface area contributed by atoms with Gasteiger partial charge in [-0.15, -0.1) is 0 Å². The minimum absolute atomic E-state index is 0.146. The third kappa shape index (κ3) is 7.91. The summed E-state index contributed by atoms with van der Waals surface area (Å²) in [6.45, 7) is -0.146. The second kappa shape index (κ2) is 7.87. The molecule has 5 N–H and O–H groups in total. The summed E-state index contributed by atoms with van der Waals surface area (Å²) < 4.78 is 0. The Morgan fingerprint density at radius 2 is 1.50 bits per heavy atom. The summed E-state index contributed by atoms with van der Waals surface area (Å²) in [6.07, 6.45) is -0.941. The summed E-state index contributed by atoms with van der Waals surface area (Å²) in [5.74, 6) is -3.63. The van der Waals surface area contributed by atoms with Gasteiger partial charge in [-0.25, -0.2) is 9.59 Å². The van der Waals surface area contributed by atoms with E-state index in [-0.39, 0.29) is 19.4 Å². The maximum Gasteiger partial charge on any atom is 0.326 e. The largest absolute Gasteiger partial charge is 0.481 e. The second-order valence-electron chi connectivity index (χ2n) is 3.37. The van der Waals surface area contributed by atoms with Gasteiger partial charge in [0.15, 0.2) is 0 Å². The summed E-state index contributed by atoms with van der Waals surface area (Å²) in [5, 5.41) is 29.6. The molecule has 0 saturated carbocycles. The predicted molar refractivity (Wildman–Crippen MR) is 57.1 cm³/mol. The van der Waals surface area contributed by atoms with Crippen molar-refractivity contribution in [3.8, 4) is 0 Å². The lowest BCUT2D eigenvalue weighted by Crippen LogP contribution is -2.46. The Labute approximate surface area is 102 Å². The summed E-state index contributed by atoms with van der Waals surface area (Å²) in [7, 11) is 0. The van der Waals surface area contributed by atoms with Gasteiger partial charge in [-0.1, -0.05) is 0 Å². The van der Waals surface area contributed by atoms with Crippen molar-refractivity contribution in [3.63, 3.8) is 0 Å². The molecule has 0 aromatic carbocycles. The number of hydrogen-bond donors (Lipinski definition) is 5. The van der Waals surface area contributed by atoms with Crippen LogP contribution in [0.25, 0.3) is 0 Å². The molecule has 0 bridgehead atoms. The van der Waals surface area contributed by atoms with Gasteiger partial charge in [0.25, 0.3) is 0 Å². The summed E-state index contributed by atoms with van der Waals surface area (Å²) in [4.78, 5) is 42.3. The van der Waals surface area contributed by atoms with E-state index in [0.717, 1.165) is 0 Å². The number of carbonyl (C=O) groups excluding carboxylic acids is 1. The van der Waals surface area contributed by atoms with E-state index >= 15 is 0 Å². The maximum atomic E-state index is 11.2. The van der Waals surface area contributed by atoms with Gasteiger partial charge in [-0.3, -0.25) is 9.59 Å². The van der Waals surface area contributed by atoms with E-state index in [9.17, 15) is 19.2 Å². The minimum Gasteiger partial charge on any atom is -0.481 e. The molecule has 0 aromatic heterocycles. The highest BCUT2D eigenvalue weighted by Crippen LogP contribution is 1.97. The molecule has 0 rings (SSSR count). The van der Waals surface area contributed by atoms with E-state index in [1.165, 1.54) is 0 Å². The van der Waals surface area contributed by atoms with Gasteiger partial charge >= 0.3 is 23.9 Å². The third-order valence-electron chi connectivity index (χ3n) is 1.87. The number of carbonyl (C=O) groups is 4. The van der Waals surface area contributed by atoms with Crippen molar-refractivity contribution in [1.29, 1.82) is 0 Å². The lowest BCUT2D eigenvalue weighted by molar-refractivity contribution is -0.141. The molecule has 9 heteroatoms. The number of urea groups is 1. The van der Waals surface area contributed by atoms with Gasteiger partial charge in [0.1, 0.15) is 6.04 Å². The molecule has 0 saturated heterocycles. The van der Waals surface area contributed by atoms with Crippen LogP contribution in [0.1, 0.15) is 19.3 Å². The van der Waals surface area contributed by atoms with E-state index in [1.54, 1.807) is 0 Å². The smallest absolute Gasteiger partial charge is 0.326 e. The highest BCUT2D eigenvalue weighted by atomic mass is 16.4. The van der Waals surface area contributed by atoms with Crippen LogP contribution in [0.4, 0.5) is 4.79 Å². The van der Waals surface area contributed by atoms with Gasteiger partial charge in [0, 0.05) is 13.0 Å². The number of amides is 2. The van der Waals surface area contributed by atoms with Crippen LogP contribution < -0.4 is 10.6 Å². The molecule has 0 heterocycles. The molecule has 9 nitrogen and oxygen atoms in total. The first-order chi connectivity index (χ1) is 8.32. The first-order valence-corrected chi connectivity index (χ1v) is 5.03. The summed E-state index contributed by atoms with van der Waals surface area (Å²) >= 11 is 0. The van der Waals surface area contributed by atoms with Crippen molar-refractivity contribution in [1.82, 2.24) is 10.6 Å². The SMILES string of the molecule is O=C(O)CCNC(=O)N[C@@H](CCC(=O)O)C(=O)O. The third-order valence-corrected chi connectivity index (χ3v) is 1.87. The van der Waals surface area contributed by atoms with Crippen LogP contribution in [0.2, 0.25) is 0 Å². The maximum absolute atomic E-state index is 11.2. The lowest BCUT2D eigenvalue weighted by atomic mass is 10.1. The fourth-order valence-corrected chi connectivity index (χ4v) is 1.02.